The molecule has 1 aromatic rings. The number of halogens is 1. The molecule has 0 amide bonds. The van der Waals surface area contributed by atoms with Crippen molar-refractivity contribution >= 4 is 27.3 Å². The van der Waals surface area contributed by atoms with E-state index in [1.807, 2.05) is 11.3 Å². The molecule has 0 aromatic carbocycles. The molecule has 1 aromatic heterocycles. The highest BCUT2D eigenvalue weighted by Crippen LogP contribution is 2.24. The summed E-state index contributed by atoms with van der Waals surface area (Å²) in [4.78, 5) is 3.89. The normalized spacial score (nSPS) is 22.6. The highest BCUT2D eigenvalue weighted by Gasteiger charge is 2.27. The molecule has 1 fully saturated rings. The van der Waals surface area contributed by atoms with Crippen LogP contribution in [0, 0.1) is 0 Å². The summed E-state index contributed by atoms with van der Waals surface area (Å²) in [5, 5.41) is 3.59. The van der Waals surface area contributed by atoms with E-state index in [0.29, 0.717) is 12.1 Å². The average molecular weight is 347 g/mol. The highest BCUT2D eigenvalue weighted by atomic mass is 79.9. The van der Waals surface area contributed by atoms with Crippen LogP contribution in [-0.2, 0) is 11.2 Å². The van der Waals surface area contributed by atoms with E-state index in [4.69, 9.17) is 4.74 Å². The predicted octanol–water partition coefficient (Wildman–Crippen LogP) is 2.75. The third kappa shape index (κ3) is 4.53. The van der Waals surface area contributed by atoms with Crippen molar-refractivity contribution in [2.45, 2.75) is 32.4 Å². The fraction of sp³-hybridized carbons (Fsp3) is 0.714. The van der Waals surface area contributed by atoms with E-state index in [1.165, 1.54) is 8.66 Å². The van der Waals surface area contributed by atoms with Gasteiger partial charge in [0.1, 0.15) is 0 Å². The van der Waals surface area contributed by atoms with Crippen LogP contribution in [0.1, 0.15) is 18.7 Å². The predicted molar refractivity (Wildman–Crippen MR) is 85.0 cm³/mol. The molecule has 0 spiro atoms. The van der Waals surface area contributed by atoms with E-state index in [0.717, 1.165) is 39.2 Å². The van der Waals surface area contributed by atoms with Crippen molar-refractivity contribution < 1.29 is 4.74 Å². The molecule has 0 radical (unpaired) electrons. The Morgan fingerprint density at radius 3 is 3.00 bits per heavy atom. The van der Waals surface area contributed by atoms with Crippen LogP contribution in [0.25, 0.3) is 0 Å². The Labute approximate surface area is 128 Å². The van der Waals surface area contributed by atoms with Crippen LogP contribution >= 0.6 is 27.3 Å². The molecule has 2 atom stereocenters. The number of likely N-dealkylation sites (N-methyl/N-ethyl adjacent to an activating group) is 2. The molecule has 108 valence electrons. The van der Waals surface area contributed by atoms with Gasteiger partial charge in [0, 0.05) is 24.0 Å². The van der Waals surface area contributed by atoms with Gasteiger partial charge in [-0.2, -0.15) is 0 Å². The number of ether oxygens (including phenoxy) is 1. The van der Waals surface area contributed by atoms with Crippen LogP contribution in [0.4, 0.5) is 0 Å². The van der Waals surface area contributed by atoms with Gasteiger partial charge in [0.25, 0.3) is 0 Å². The number of rotatable bonds is 6. The van der Waals surface area contributed by atoms with Crippen molar-refractivity contribution in [3.8, 4) is 0 Å². The Kier molecular flexibility index (Phi) is 6.29. The third-order valence-corrected chi connectivity index (χ3v) is 5.24. The van der Waals surface area contributed by atoms with Crippen LogP contribution in [0.15, 0.2) is 15.9 Å². The van der Waals surface area contributed by atoms with Crippen LogP contribution in [-0.4, -0.2) is 49.8 Å². The van der Waals surface area contributed by atoms with E-state index in [-0.39, 0.29) is 0 Å². The molecule has 3 nitrogen and oxygen atoms in total. The standard InChI is InChI=1S/C14H23BrN2OS/c1-3-16-12(9-11-5-6-14(15)19-11)13-10-17(4-2)7-8-18-13/h5-6,12-13,16H,3-4,7-10H2,1-2H3. The molecular formula is C14H23BrN2OS. The molecule has 1 saturated heterocycles. The van der Waals surface area contributed by atoms with Crippen molar-refractivity contribution in [3.63, 3.8) is 0 Å². The first kappa shape index (κ1) is 15.4. The Morgan fingerprint density at radius 2 is 2.37 bits per heavy atom. The summed E-state index contributed by atoms with van der Waals surface area (Å²) in [6, 6.07) is 4.74. The number of hydrogen-bond acceptors (Lipinski definition) is 4. The zero-order valence-electron chi connectivity index (χ0n) is 11.7. The minimum atomic E-state index is 0.300. The topological polar surface area (TPSA) is 24.5 Å². The number of morpholine rings is 1. The lowest BCUT2D eigenvalue weighted by Gasteiger charge is -2.36. The maximum Gasteiger partial charge on any atom is 0.0858 e. The Balaban J connectivity index is 1.98. The second-order valence-corrected chi connectivity index (χ2v) is 7.42. The molecule has 0 saturated carbocycles. The van der Waals surface area contributed by atoms with Gasteiger partial charge in [-0.05, 0) is 47.6 Å². The van der Waals surface area contributed by atoms with Crippen LogP contribution in [0.3, 0.4) is 0 Å². The second kappa shape index (κ2) is 7.74. The van der Waals surface area contributed by atoms with Gasteiger partial charge in [-0.3, -0.25) is 4.90 Å². The number of hydrogen-bond donors (Lipinski definition) is 1. The van der Waals surface area contributed by atoms with Gasteiger partial charge in [0.05, 0.1) is 16.5 Å². The van der Waals surface area contributed by atoms with Crippen molar-refractivity contribution in [1.82, 2.24) is 10.2 Å². The molecule has 2 heterocycles. The molecule has 2 unspecified atom stereocenters. The lowest BCUT2D eigenvalue weighted by Crippen LogP contribution is -2.52. The molecule has 5 heteroatoms. The number of nitrogens with one attached hydrogen (secondary N) is 1. The molecule has 19 heavy (non-hydrogen) atoms. The summed E-state index contributed by atoms with van der Waals surface area (Å²) in [6.45, 7) is 9.46. The van der Waals surface area contributed by atoms with Crippen LogP contribution in [0.2, 0.25) is 0 Å². The van der Waals surface area contributed by atoms with Crippen molar-refractivity contribution in [2.24, 2.45) is 0 Å². The first-order valence-electron chi connectivity index (χ1n) is 7.04. The molecule has 1 N–H and O–H groups in total. The zero-order chi connectivity index (χ0) is 13.7. The van der Waals surface area contributed by atoms with E-state index in [2.05, 4.69) is 52.1 Å². The molecular weight excluding hydrogens is 324 g/mol. The second-order valence-electron chi connectivity index (χ2n) is 4.88. The first-order chi connectivity index (χ1) is 9.22. The number of thiophene rings is 1. The van der Waals surface area contributed by atoms with Crippen molar-refractivity contribution in [3.05, 3.63) is 20.8 Å². The number of nitrogens with zero attached hydrogens (tertiary/aromatic N) is 1. The maximum absolute atomic E-state index is 5.99. The third-order valence-electron chi connectivity index (χ3n) is 3.59. The monoisotopic (exact) mass is 346 g/mol. The van der Waals surface area contributed by atoms with Gasteiger partial charge in [-0.25, -0.2) is 0 Å². The molecule has 0 aliphatic carbocycles. The molecule has 1 aliphatic rings. The van der Waals surface area contributed by atoms with E-state index < -0.39 is 0 Å². The summed E-state index contributed by atoms with van der Waals surface area (Å²) < 4.78 is 7.20. The summed E-state index contributed by atoms with van der Waals surface area (Å²) in [6.07, 6.45) is 1.35. The van der Waals surface area contributed by atoms with Gasteiger partial charge in [-0.15, -0.1) is 11.3 Å². The summed E-state index contributed by atoms with van der Waals surface area (Å²) in [7, 11) is 0. The van der Waals surface area contributed by atoms with Gasteiger partial charge >= 0.3 is 0 Å². The summed E-state index contributed by atoms with van der Waals surface area (Å²) in [5.41, 5.74) is 0. The SMILES string of the molecule is CCNC(Cc1ccc(Br)s1)C1CN(CC)CCO1. The van der Waals surface area contributed by atoms with Crippen LogP contribution < -0.4 is 5.32 Å². The highest BCUT2D eigenvalue weighted by molar-refractivity contribution is 9.11. The Bertz CT molecular complexity index is 385. The fourth-order valence-electron chi connectivity index (χ4n) is 2.54. The molecule has 2 rings (SSSR count). The van der Waals surface area contributed by atoms with E-state index >= 15 is 0 Å². The van der Waals surface area contributed by atoms with Gasteiger partial charge < -0.3 is 10.1 Å². The van der Waals surface area contributed by atoms with Gasteiger partial charge in [-0.1, -0.05) is 13.8 Å². The minimum Gasteiger partial charge on any atom is -0.374 e. The maximum atomic E-state index is 5.99. The van der Waals surface area contributed by atoms with Crippen LogP contribution in [0.5, 0.6) is 0 Å². The zero-order valence-corrected chi connectivity index (χ0v) is 14.1. The smallest absolute Gasteiger partial charge is 0.0858 e. The summed E-state index contributed by atoms with van der Waals surface area (Å²) in [5.74, 6) is 0. The summed E-state index contributed by atoms with van der Waals surface area (Å²) >= 11 is 5.36. The lowest BCUT2D eigenvalue weighted by atomic mass is 10.0. The van der Waals surface area contributed by atoms with Gasteiger partial charge in [0.15, 0.2) is 0 Å². The molecule has 1 aliphatic heterocycles. The molecule has 0 bridgehead atoms. The van der Waals surface area contributed by atoms with Crippen molar-refractivity contribution in [2.75, 3.05) is 32.8 Å². The quantitative estimate of drug-likeness (QED) is 0.856. The van der Waals surface area contributed by atoms with Crippen molar-refractivity contribution in [1.29, 1.82) is 0 Å². The van der Waals surface area contributed by atoms with Gasteiger partial charge in [0.2, 0.25) is 0 Å². The fourth-order valence-corrected chi connectivity index (χ4v) is 4.08. The van der Waals surface area contributed by atoms with E-state index in [9.17, 15) is 0 Å². The Morgan fingerprint density at radius 1 is 1.53 bits per heavy atom. The minimum absolute atomic E-state index is 0.300. The lowest BCUT2D eigenvalue weighted by molar-refractivity contribution is -0.0443. The average Bonchev–Trinajstić information content (AvgIpc) is 2.84. The first-order valence-corrected chi connectivity index (χ1v) is 8.65. The van der Waals surface area contributed by atoms with E-state index in [1.54, 1.807) is 0 Å². The Hall–Kier alpha value is 0.0600. The largest absolute Gasteiger partial charge is 0.374 e.